The molecule has 1 amide bonds. The number of rotatable bonds is 6. The number of anilines is 1. The summed E-state index contributed by atoms with van der Waals surface area (Å²) in [5.74, 6) is -1.81. The average Bonchev–Trinajstić information content (AvgIpc) is 2.36. The number of benzene rings is 1. The molecule has 0 radical (unpaired) electrons. The molecule has 1 aromatic rings. The van der Waals surface area contributed by atoms with Crippen LogP contribution < -0.4 is 4.90 Å². The number of ether oxygens (including phenoxy) is 1. The molecule has 5 heteroatoms. The standard InChI is InChI=1S/C14H19NO4/c1-10-6-4-5-7-12(10)15(13(16)9-19-3)8-11(2)14(17)18/h4-7,11H,8-9H2,1-3H3,(H,17,18). The highest BCUT2D eigenvalue weighted by Gasteiger charge is 2.22. The second kappa shape index (κ2) is 6.89. The van der Waals surface area contributed by atoms with E-state index < -0.39 is 11.9 Å². The van der Waals surface area contributed by atoms with E-state index in [1.807, 2.05) is 25.1 Å². The van der Waals surface area contributed by atoms with Gasteiger partial charge in [-0.3, -0.25) is 9.59 Å². The monoisotopic (exact) mass is 265 g/mol. The molecule has 0 aliphatic rings. The third-order valence-corrected chi connectivity index (χ3v) is 2.85. The third kappa shape index (κ3) is 4.06. The van der Waals surface area contributed by atoms with Crippen LogP contribution in [0.5, 0.6) is 0 Å². The number of nitrogens with zero attached hydrogens (tertiary/aromatic N) is 1. The number of carboxylic acid groups (broad SMARTS) is 1. The lowest BCUT2D eigenvalue weighted by atomic mass is 10.1. The number of methoxy groups -OCH3 is 1. The highest BCUT2D eigenvalue weighted by Crippen LogP contribution is 2.21. The largest absolute Gasteiger partial charge is 0.481 e. The molecule has 0 spiro atoms. The SMILES string of the molecule is COCC(=O)N(CC(C)C(=O)O)c1ccccc1C. The van der Waals surface area contributed by atoms with Gasteiger partial charge in [-0.05, 0) is 18.6 Å². The van der Waals surface area contributed by atoms with Gasteiger partial charge in [0.05, 0.1) is 5.92 Å². The van der Waals surface area contributed by atoms with Crippen molar-refractivity contribution in [3.63, 3.8) is 0 Å². The lowest BCUT2D eigenvalue weighted by Gasteiger charge is -2.26. The molecule has 0 aromatic heterocycles. The number of hydrogen-bond acceptors (Lipinski definition) is 3. The number of carbonyl (C=O) groups excluding carboxylic acids is 1. The van der Waals surface area contributed by atoms with Crippen LogP contribution in [0.1, 0.15) is 12.5 Å². The summed E-state index contributed by atoms with van der Waals surface area (Å²) in [5, 5.41) is 8.99. The highest BCUT2D eigenvalue weighted by atomic mass is 16.5. The summed E-state index contributed by atoms with van der Waals surface area (Å²) in [6, 6.07) is 7.38. The smallest absolute Gasteiger partial charge is 0.308 e. The Morgan fingerprint density at radius 1 is 1.37 bits per heavy atom. The van der Waals surface area contributed by atoms with Crippen molar-refractivity contribution in [3.05, 3.63) is 29.8 Å². The molecule has 0 saturated heterocycles. The van der Waals surface area contributed by atoms with Gasteiger partial charge in [0.15, 0.2) is 0 Å². The molecular formula is C14H19NO4. The summed E-state index contributed by atoms with van der Waals surface area (Å²) in [4.78, 5) is 24.5. The van der Waals surface area contributed by atoms with Crippen LogP contribution in [0.3, 0.4) is 0 Å². The van der Waals surface area contributed by atoms with Crippen LogP contribution in [0.4, 0.5) is 5.69 Å². The van der Waals surface area contributed by atoms with Gasteiger partial charge in [-0.15, -0.1) is 0 Å². The van der Waals surface area contributed by atoms with Gasteiger partial charge in [0.1, 0.15) is 6.61 Å². The van der Waals surface area contributed by atoms with Crippen LogP contribution in [0.15, 0.2) is 24.3 Å². The minimum atomic E-state index is -0.927. The summed E-state index contributed by atoms with van der Waals surface area (Å²) in [7, 11) is 1.44. The maximum Gasteiger partial charge on any atom is 0.308 e. The topological polar surface area (TPSA) is 66.8 Å². The molecule has 1 atom stereocenters. The number of hydrogen-bond donors (Lipinski definition) is 1. The number of aryl methyl sites for hydroxylation is 1. The molecular weight excluding hydrogens is 246 g/mol. The second-order valence-corrected chi connectivity index (χ2v) is 4.46. The van der Waals surface area contributed by atoms with E-state index in [9.17, 15) is 9.59 Å². The molecule has 0 bridgehead atoms. The van der Waals surface area contributed by atoms with Crippen molar-refractivity contribution >= 4 is 17.6 Å². The summed E-state index contributed by atoms with van der Waals surface area (Å²) in [6.07, 6.45) is 0. The van der Waals surface area contributed by atoms with Crippen molar-refractivity contribution in [1.82, 2.24) is 0 Å². The molecule has 1 aromatic carbocycles. The third-order valence-electron chi connectivity index (χ3n) is 2.85. The van der Waals surface area contributed by atoms with Crippen LogP contribution in [-0.4, -0.2) is 37.2 Å². The van der Waals surface area contributed by atoms with Crippen LogP contribution in [-0.2, 0) is 14.3 Å². The van der Waals surface area contributed by atoms with Crippen LogP contribution in [0.2, 0.25) is 0 Å². The van der Waals surface area contributed by atoms with Crippen LogP contribution in [0.25, 0.3) is 0 Å². The number of carbonyl (C=O) groups is 2. The lowest BCUT2D eigenvalue weighted by molar-refractivity contribution is -0.140. The first-order chi connectivity index (χ1) is 8.97. The number of aliphatic carboxylic acids is 1. The molecule has 0 saturated carbocycles. The molecule has 0 aliphatic heterocycles. The quantitative estimate of drug-likeness (QED) is 0.850. The van der Waals surface area contributed by atoms with Crippen molar-refractivity contribution in [2.45, 2.75) is 13.8 Å². The second-order valence-electron chi connectivity index (χ2n) is 4.46. The minimum absolute atomic E-state index is 0.0688. The Hall–Kier alpha value is -1.88. The molecule has 0 heterocycles. The summed E-state index contributed by atoms with van der Waals surface area (Å²) in [5.41, 5.74) is 1.64. The van der Waals surface area contributed by atoms with E-state index in [0.717, 1.165) is 11.3 Å². The zero-order valence-electron chi connectivity index (χ0n) is 11.4. The highest BCUT2D eigenvalue weighted by molar-refractivity contribution is 5.95. The maximum absolute atomic E-state index is 12.1. The summed E-state index contributed by atoms with van der Waals surface area (Å²) < 4.78 is 4.85. The molecule has 1 N–H and O–H groups in total. The molecule has 1 rings (SSSR count). The zero-order chi connectivity index (χ0) is 14.4. The van der Waals surface area contributed by atoms with Crippen molar-refractivity contribution in [3.8, 4) is 0 Å². The van der Waals surface area contributed by atoms with Gasteiger partial charge in [-0.2, -0.15) is 0 Å². The minimum Gasteiger partial charge on any atom is -0.481 e. The maximum atomic E-state index is 12.1. The van der Waals surface area contributed by atoms with Gasteiger partial charge in [0, 0.05) is 19.3 Å². The lowest BCUT2D eigenvalue weighted by Crippen LogP contribution is -2.39. The molecule has 5 nitrogen and oxygen atoms in total. The van der Waals surface area contributed by atoms with E-state index in [4.69, 9.17) is 9.84 Å². The summed E-state index contributed by atoms with van der Waals surface area (Å²) >= 11 is 0. The van der Waals surface area contributed by atoms with Crippen LogP contribution >= 0.6 is 0 Å². The summed E-state index contributed by atoms with van der Waals surface area (Å²) in [6.45, 7) is 3.52. The molecule has 104 valence electrons. The molecule has 1 unspecified atom stereocenters. The normalized spacial score (nSPS) is 11.9. The Morgan fingerprint density at radius 2 is 2.00 bits per heavy atom. The van der Waals surface area contributed by atoms with Crippen molar-refractivity contribution < 1.29 is 19.4 Å². The van der Waals surface area contributed by atoms with E-state index in [-0.39, 0.29) is 19.1 Å². The van der Waals surface area contributed by atoms with Gasteiger partial charge in [0.25, 0.3) is 5.91 Å². The van der Waals surface area contributed by atoms with E-state index in [1.54, 1.807) is 13.0 Å². The fourth-order valence-corrected chi connectivity index (χ4v) is 1.75. The van der Waals surface area contributed by atoms with Crippen molar-refractivity contribution in [2.24, 2.45) is 5.92 Å². The van der Waals surface area contributed by atoms with E-state index in [1.165, 1.54) is 12.0 Å². The Kier molecular flexibility index (Phi) is 5.51. The Labute approximate surface area is 112 Å². The predicted octanol–water partition coefficient (Wildman–Crippen LogP) is 1.70. The number of carboxylic acids is 1. The van der Waals surface area contributed by atoms with Gasteiger partial charge in [-0.1, -0.05) is 25.1 Å². The Bertz CT molecular complexity index is 459. The van der Waals surface area contributed by atoms with Crippen molar-refractivity contribution in [2.75, 3.05) is 25.2 Å². The number of para-hydroxylation sites is 1. The molecule has 19 heavy (non-hydrogen) atoms. The molecule has 0 fully saturated rings. The Morgan fingerprint density at radius 3 is 2.53 bits per heavy atom. The van der Waals surface area contributed by atoms with Gasteiger partial charge < -0.3 is 14.7 Å². The van der Waals surface area contributed by atoms with Crippen molar-refractivity contribution in [1.29, 1.82) is 0 Å². The fourth-order valence-electron chi connectivity index (χ4n) is 1.75. The first-order valence-electron chi connectivity index (χ1n) is 6.05. The van der Waals surface area contributed by atoms with E-state index in [2.05, 4.69) is 0 Å². The predicted molar refractivity (Wildman–Crippen MR) is 72.2 cm³/mol. The van der Waals surface area contributed by atoms with Gasteiger partial charge >= 0.3 is 5.97 Å². The zero-order valence-corrected chi connectivity index (χ0v) is 11.4. The van der Waals surface area contributed by atoms with Crippen LogP contribution in [0, 0.1) is 12.8 Å². The average molecular weight is 265 g/mol. The first kappa shape index (κ1) is 15.2. The fraction of sp³-hybridized carbons (Fsp3) is 0.429. The van der Waals surface area contributed by atoms with E-state index in [0.29, 0.717) is 0 Å². The van der Waals surface area contributed by atoms with E-state index >= 15 is 0 Å². The molecule has 0 aliphatic carbocycles. The number of amides is 1. The Balaban J connectivity index is 3.02. The van der Waals surface area contributed by atoms with Gasteiger partial charge in [0.2, 0.25) is 0 Å². The first-order valence-corrected chi connectivity index (χ1v) is 6.05. The van der Waals surface area contributed by atoms with Gasteiger partial charge in [-0.25, -0.2) is 0 Å².